The molecular weight excluding hydrogens is 251 g/mol. The van der Waals surface area contributed by atoms with Crippen LogP contribution < -0.4 is 0 Å². The van der Waals surface area contributed by atoms with Gasteiger partial charge < -0.3 is 0 Å². The van der Waals surface area contributed by atoms with E-state index in [2.05, 4.69) is 20.2 Å². The molecule has 4 nitrogen and oxygen atoms in total. The smallest absolute Gasteiger partial charge is 0.184 e. The number of hydrogen-bond donors (Lipinski definition) is 1. The minimum absolute atomic E-state index is 0.249. The van der Waals surface area contributed by atoms with Crippen LogP contribution in [0.15, 0.2) is 30.6 Å². The van der Waals surface area contributed by atoms with Crippen LogP contribution in [0.1, 0.15) is 5.69 Å². The van der Waals surface area contributed by atoms with Crippen LogP contribution in [0.3, 0.4) is 0 Å². The molecule has 0 unspecified atom stereocenters. The van der Waals surface area contributed by atoms with E-state index in [9.17, 15) is 4.39 Å². The standard InChI is InChI=1S/C12H9FN4S/c1-7-10(8-3-2-4-9(13)5-8)18-12(16-7)11-14-6-15-17-11/h2-6H,1H3,(H,14,15,17). The third-order valence-electron chi connectivity index (χ3n) is 2.50. The fraction of sp³-hybridized carbons (Fsp3) is 0.0833. The van der Waals surface area contributed by atoms with Crippen molar-refractivity contribution < 1.29 is 4.39 Å². The Morgan fingerprint density at radius 3 is 2.94 bits per heavy atom. The first-order valence-electron chi connectivity index (χ1n) is 5.33. The highest BCUT2D eigenvalue weighted by molar-refractivity contribution is 7.18. The summed E-state index contributed by atoms with van der Waals surface area (Å²) in [6.45, 7) is 1.90. The molecule has 3 rings (SSSR count). The van der Waals surface area contributed by atoms with E-state index >= 15 is 0 Å². The van der Waals surface area contributed by atoms with Gasteiger partial charge in [0, 0.05) is 0 Å². The first-order chi connectivity index (χ1) is 8.74. The van der Waals surface area contributed by atoms with E-state index in [0.29, 0.717) is 5.82 Å². The summed E-state index contributed by atoms with van der Waals surface area (Å²) >= 11 is 1.47. The van der Waals surface area contributed by atoms with E-state index in [4.69, 9.17) is 0 Å². The van der Waals surface area contributed by atoms with Crippen LogP contribution in [0.4, 0.5) is 4.39 Å². The highest BCUT2D eigenvalue weighted by Gasteiger charge is 2.13. The Labute approximate surface area is 107 Å². The maximum Gasteiger partial charge on any atom is 0.184 e. The third kappa shape index (κ3) is 1.91. The Balaban J connectivity index is 2.09. The van der Waals surface area contributed by atoms with Crippen molar-refractivity contribution in [3.05, 3.63) is 42.1 Å². The lowest BCUT2D eigenvalue weighted by molar-refractivity contribution is 0.628. The summed E-state index contributed by atoms with van der Waals surface area (Å²) < 4.78 is 13.2. The van der Waals surface area contributed by atoms with Crippen LogP contribution in [0, 0.1) is 12.7 Å². The van der Waals surface area contributed by atoms with Crippen molar-refractivity contribution >= 4 is 11.3 Å². The van der Waals surface area contributed by atoms with Crippen molar-refractivity contribution in [1.82, 2.24) is 20.2 Å². The molecule has 0 radical (unpaired) electrons. The maximum absolute atomic E-state index is 13.2. The topological polar surface area (TPSA) is 54.5 Å². The molecule has 0 fully saturated rings. The molecule has 0 saturated carbocycles. The zero-order chi connectivity index (χ0) is 12.5. The SMILES string of the molecule is Cc1nc(-c2ncn[nH]2)sc1-c1cccc(F)c1. The van der Waals surface area contributed by atoms with Crippen molar-refractivity contribution in [2.24, 2.45) is 0 Å². The minimum atomic E-state index is -0.249. The Kier molecular flexibility index (Phi) is 2.64. The van der Waals surface area contributed by atoms with E-state index < -0.39 is 0 Å². The van der Waals surface area contributed by atoms with Gasteiger partial charge in [0.05, 0.1) is 10.6 Å². The first-order valence-corrected chi connectivity index (χ1v) is 6.15. The molecule has 0 aliphatic heterocycles. The minimum Gasteiger partial charge on any atom is -0.257 e. The Morgan fingerprint density at radius 2 is 2.22 bits per heavy atom. The van der Waals surface area contributed by atoms with Crippen molar-refractivity contribution in [3.8, 4) is 21.3 Å². The fourth-order valence-corrected chi connectivity index (χ4v) is 2.71. The van der Waals surface area contributed by atoms with Gasteiger partial charge in [0.2, 0.25) is 0 Å². The molecule has 2 aromatic heterocycles. The summed E-state index contributed by atoms with van der Waals surface area (Å²) in [5.41, 5.74) is 1.69. The molecule has 0 spiro atoms. The number of rotatable bonds is 2. The van der Waals surface area contributed by atoms with Gasteiger partial charge in [0.1, 0.15) is 12.1 Å². The van der Waals surface area contributed by atoms with Crippen molar-refractivity contribution in [1.29, 1.82) is 0 Å². The van der Waals surface area contributed by atoms with E-state index in [1.165, 1.54) is 29.8 Å². The number of thiazole rings is 1. The normalized spacial score (nSPS) is 10.8. The van der Waals surface area contributed by atoms with E-state index in [-0.39, 0.29) is 5.82 Å². The van der Waals surface area contributed by atoms with Gasteiger partial charge in [-0.25, -0.2) is 14.4 Å². The van der Waals surface area contributed by atoms with Crippen LogP contribution in [0.5, 0.6) is 0 Å². The number of nitrogens with one attached hydrogen (secondary N) is 1. The van der Waals surface area contributed by atoms with Gasteiger partial charge in [-0.3, -0.25) is 5.10 Å². The van der Waals surface area contributed by atoms with Gasteiger partial charge in [-0.05, 0) is 24.6 Å². The Hall–Kier alpha value is -2.08. The van der Waals surface area contributed by atoms with Gasteiger partial charge in [0.25, 0.3) is 0 Å². The fourth-order valence-electron chi connectivity index (χ4n) is 1.70. The van der Waals surface area contributed by atoms with Gasteiger partial charge in [0.15, 0.2) is 10.8 Å². The van der Waals surface area contributed by atoms with Crippen molar-refractivity contribution in [2.75, 3.05) is 0 Å². The second-order valence-corrected chi connectivity index (χ2v) is 4.78. The molecule has 1 aromatic carbocycles. The quantitative estimate of drug-likeness (QED) is 0.770. The van der Waals surface area contributed by atoms with E-state index in [0.717, 1.165) is 21.1 Å². The molecule has 3 aromatic rings. The number of benzene rings is 1. The molecule has 0 atom stereocenters. The number of aromatic nitrogens is 4. The molecule has 1 N–H and O–H groups in total. The Bertz CT molecular complexity index is 675. The average molecular weight is 260 g/mol. The average Bonchev–Trinajstić information content (AvgIpc) is 2.97. The summed E-state index contributed by atoms with van der Waals surface area (Å²) in [4.78, 5) is 9.43. The molecule has 90 valence electrons. The molecule has 18 heavy (non-hydrogen) atoms. The zero-order valence-corrected chi connectivity index (χ0v) is 10.3. The van der Waals surface area contributed by atoms with Crippen molar-refractivity contribution in [2.45, 2.75) is 6.92 Å². The second-order valence-electron chi connectivity index (χ2n) is 3.78. The molecular formula is C12H9FN4S. The van der Waals surface area contributed by atoms with Crippen LogP contribution in [0.2, 0.25) is 0 Å². The third-order valence-corrected chi connectivity index (χ3v) is 3.71. The van der Waals surface area contributed by atoms with E-state index in [1.807, 2.05) is 13.0 Å². The molecule has 0 amide bonds. The summed E-state index contributed by atoms with van der Waals surface area (Å²) in [5.74, 6) is 0.382. The number of aromatic amines is 1. The number of aryl methyl sites for hydroxylation is 1. The molecule has 2 heterocycles. The number of nitrogens with zero attached hydrogens (tertiary/aromatic N) is 3. The molecule has 6 heteroatoms. The molecule has 0 aliphatic carbocycles. The van der Waals surface area contributed by atoms with E-state index in [1.54, 1.807) is 6.07 Å². The summed E-state index contributed by atoms with van der Waals surface area (Å²) in [7, 11) is 0. The first kappa shape index (κ1) is 11.0. The highest BCUT2D eigenvalue weighted by Crippen LogP contribution is 2.33. The monoisotopic (exact) mass is 260 g/mol. The molecule has 0 aliphatic rings. The summed E-state index contributed by atoms with van der Waals surface area (Å²) in [6.07, 6.45) is 1.44. The van der Waals surface area contributed by atoms with Crippen LogP contribution in [-0.4, -0.2) is 20.2 Å². The van der Waals surface area contributed by atoms with Gasteiger partial charge in [-0.2, -0.15) is 5.10 Å². The lowest BCUT2D eigenvalue weighted by atomic mass is 10.1. The summed E-state index contributed by atoms with van der Waals surface area (Å²) in [6, 6.07) is 6.49. The lowest BCUT2D eigenvalue weighted by Crippen LogP contribution is -1.80. The number of hydrogen-bond acceptors (Lipinski definition) is 4. The predicted molar refractivity (Wildman–Crippen MR) is 67.6 cm³/mol. The van der Waals surface area contributed by atoms with Gasteiger partial charge in [-0.15, -0.1) is 11.3 Å². The highest BCUT2D eigenvalue weighted by atomic mass is 32.1. The van der Waals surface area contributed by atoms with Gasteiger partial charge >= 0.3 is 0 Å². The number of halogens is 1. The lowest BCUT2D eigenvalue weighted by Gasteiger charge is -1.97. The van der Waals surface area contributed by atoms with Crippen LogP contribution >= 0.6 is 11.3 Å². The summed E-state index contributed by atoms with van der Waals surface area (Å²) in [5, 5.41) is 7.32. The van der Waals surface area contributed by atoms with Crippen LogP contribution in [0.25, 0.3) is 21.3 Å². The van der Waals surface area contributed by atoms with Crippen LogP contribution in [-0.2, 0) is 0 Å². The molecule has 0 saturated heterocycles. The second kappa shape index (κ2) is 4.30. The zero-order valence-electron chi connectivity index (χ0n) is 9.51. The largest absolute Gasteiger partial charge is 0.257 e. The predicted octanol–water partition coefficient (Wildman–Crippen LogP) is 3.04. The van der Waals surface area contributed by atoms with Crippen molar-refractivity contribution in [3.63, 3.8) is 0 Å². The Morgan fingerprint density at radius 1 is 1.33 bits per heavy atom. The number of H-pyrrole nitrogens is 1. The maximum atomic E-state index is 13.2. The van der Waals surface area contributed by atoms with Gasteiger partial charge in [-0.1, -0.05) is 12.1 Å². The molecule has 0 bridgehead atoms.